The first-order valence-corrected chi connectivity index (χ1v) is 9.83. The van der Waals surface area contributed by atoms with E-state index in [1.54, 1.807) is 30.8 Å². The van der Waals surface area contributed by atoms with Gasteiger partial charge >= 0.3 is 0 Å². The number of amides is 1. The van der Waals surface area contributed by atoms with Gasteiger partial charge in [-0.1, -0.05) is 42.5 Å². The van der Waals surface area contributed by atoms with E-state index in [9.17, 15) is 4.79 Å². The molecule has 0 saturated heterocycles. The zero-order valence-electron chi connectivity index (χ0n) is 17.6. The fourth-order valence-corrected chi connectivity index (χ4v) is 3.39. The highest BCUT2D eigenvalue weighted by molar-refractivity contribution is 6.08. The molecule has 4 rings (SSSR count). The predicted octanol–water partition coefficient (Wildman–Crippen LogP) is 4.83. The molecule has 0 N–H and O–H groups in total. The number of hydrogen-bond donors (Lipinski definition) is 0. The van der Waals surface area contributed by atoms with Crippen LogP contribution in [0, 0.1) is 0 Å². The molecule has 6 nitrogen and oxygen atoms in total. The smallest absolute Gasteiger partial charge is 0.279 e. The summed E-state index contributed by atoms with van der Waals surface area (Å²) in [4.78, 5) is 15.1. The summed E-state index contributed by atoms with van der Waals surface area (Å²) < 4.78 is 12.5. The Morgan fingerprint density at radius 2 is 1.52 bits per heavy atom. The summed E-state index contributed by atoms with van der Waals surface area (Å²) in [5.41, 5.74) is 3.52. The number of methoxy groups -OCH3 is 2. The van der Waals surface area contributed by atoms with Gasteiger partial charge in [0, 0.05) is 24.5 Å². The third kappa shape index (κ3) is 4.00. The second-order valence-corrected chi connectivity index (χ2v) is 6.94. The molecule has 1 heterocycles. The SMILES string of the molecule is COc1ccc(-c2cn(-c3ccccc3)nc2C(=O)N(C)c2ccccc2)cc1OC. The molecule has 0 aliphatic heterocycles. The van der Waals surface area contributed by atoms with Crippen LogP contribution in [0.4, 0.5) is 5.69 Å². The number of aromatic nitrogens is 2. The molecule has 156 valence electrons. The average Bonchev–Trinajstić information content (AvgIpc) is 3.29. The van der Waals surface area contributed by atoms with Gasteiger partial charge in [-0.05, 0) is 42.0 Å². The van der Waals surface area contributed by atoms with Gasteiger partial charge in [0.05, 0.1) is 19.9 Å². The second kappa shape index (κ2) is 8.75. The molecule has 0 spiro atoms. The molecule has 3 aromatic carbocycles. The molecule has 6 heteroatoms. The zero-order chi connectivity index (χ0) is 21.8. The van der Waals surface area contributed by atoms with Gasteiger partial charge < -0.3 is 14.4 Å². The largest absolute Gasteiger partial charge is 0.493 e. The third-order valence-electron chi connectivity index (χ3n) is 5.08. The Kier molecular flexibility index (Phi) is 5.71. The van der Waals surface area contributed by atoms with Crippen molar-refractivity contribution < 1.29 is 14.3 Å². The number of nitrogens with zero attached hydrogens (tertiary/aromatic N) is 3. The van der Waals surface area contributed by atoms with Crippen LogP contribution in [0.25, 0.3) is 16.8 Å². The van der Waals surface area contributed by atoms with Crippen molar-refractivity contribution in [2.75, 3.05) is 26.2 Å². The highest BCUT2D eigenvalue weighted by Gasteiger charge is 2.23. The van der Waals surface area contributed by atoms with E-state index in [0.717, 1.165) is 16.9 Å². The summed E-state index contributed by atoms with van der Waals surface area (Å²) in [7, 11) is 4.93. The van der Waals surface area contributed by atoms with Crippen molar-refractivity contribution in [3.8, 4) is 28.3 Å². The molecule has 0 atom stereocenters. The van der Waals surface area contributed by atoms with Crippen molar-refractivity contribution in [2.24, 2.45) is 0 Å². The Hall–Kier alpha value is -4.06. The molecule has 0 unspecified atom stereocenters. The van der Waals surface area contributed by atoms with E-state index in [2.05, 4.69) is 5.10 Å². The van der Waals surface area contributed by atoms with Gasteiger partial charge in [0.15, 0.2) is 17.2 Å². The number of rotatable bonds is 6. The fraction of sp³-hybridized carbons (Fsp3) is 0.120. The van der Waals surface area contributed by atoms with Crippen LogP contribution in [0.5, 0.6) is 11.5 Å². The normalized spacial score (nSPS) is 10.5. The van der Waals surface area contributed by atoms with Gasteiger partial charge in [0.25, 0.3) is 5.91 Å². The lowest BCUT2D eigenvalue weighted by atomic mass is 10.0. The van der Waals surface area contributed by atoms with Crippen LogP contribution in [0.1, 0.15) is 10.5 Å². The van der Waals surface area contributed by atoms with Gasteiger partial charge in [-0.15, -0.1) is 0 Å². The van der Waals surface area contributed by atoms with Gasteiger partial charge in [-0.3, -0.25) is 4.79 Å². The Labute approximate surface area is 181 Å². The summed E-state index contributed by atoms with van der Waals surface area (Å²) in [6.07, 6.45) is 1.86. The first kappa shape index (κ1) is 20.2. The lowest BCUT2D eigenvalue weighted by Crippen LogP contribution is -2.27. The molecule has 31 heavy (non-hydrogen) atoms. The van der Waals surface area contributed by atoms with Crippen molar-refractivity contribution in [3.63, 3.8) is 0 Å². The molecule has 1 aromatic heterocycles. The summed E-state index contributed by atoms with van der Waals surface area (Å²) in [6, 6.07) is 24.8. The number of anilines is 1. The molecule has 1 amide bonds. The maximum atomic E-state index is 13.5. The van der Waals surface area contributed by atoms with Crippen LogP contribution in [0.3, 0.4) is 0 Å². The zero-order valence-corrected chi connectivity index (χ0v) is 17.6. The van der Waals surface area contributed by atoms with Crippen molar-refractivity contribution in [1.82, 2.24) is 9.78 Å². The minimum absolute atomic E-state index is 0.203. The number of hydrogen-bond acceptors (Lipinski definition) is 4. The molecule has 4 aromatic rings. The number of carbonyl (C=O) groups is 1. The Morgan fingerprint density at radius 1 is 0.871 bits per heavy atom. The minimum Gasteiger partial charge on any atom is -0.493 e. The maximum Gasteiger partial charge on any atom is 0.279 e. The number of para-hydroxylation sites is 2. The van der Waals surface area contributed by atoms with E-state index in [1.807, 2.05) is 85.1 Å². The first-order chi connectivity index (χ1) is 15.1. The summed E-state index contributed by atoms with van der Waals surface area (Å²) in [5, 5.41) is 4.65. The monoisotopic (exact) mass is 413 g/mol. The van der Waals surface area contributed by atoms with Crippen molar-refractivity contribution in [3.05, 3.63) is 90.8 Å². The van der Waals surface area contributed by atoms with Crippen LogP contribution in [-0.2, 0) is 0 Å². The lowest BCUT2D eigenvalue weighted by Gasteiger charge is -2.17. The standard InChI is InChI=1S/C25H23N3O3/c1-27(19-10-6-4-7-11-19)25(29)24-21(17-28(26-24)20-12-8-5-9-13-20)18-14-15-22(30-2)23(16-18)31-3/h4-17H,1-3H3. The van der Waals surface area contributed by atoms with Gasteiger partial charge in [-0.25, -0.2) is 4.68 Å². The molecular formula is C25H23N3O3. The maximum absolute atomic E-state index is 13.5. The molecule has 0 saturated carbocycles. The van der Waals surface area contributed by atoms with E-state index in [4.69, 9.17) is 9.47 Å². The molecule has 0 aliphatic carbocycles. The quantitative estimate of drug-likeness (QED) is 0.454. The summed E-state index contributed by atoms with van der Waals surface area (Å²) >= 11 is 0. The van der Waals surface area contributed by atoms with Crippen LogP contribution in [0.2, 0.25) is 0 Å². The topological polar surface area (TPSA) is 56.6 Å². The first-order valence-electron chi connectivity index (χ1n) is 9.83. The summed E-state index contributed by atoms with van der Waals surface area (Å²) in [5.74, 6) is 1.00. The van der Waals surface area contributed by atoms with Crippen LogP contribution in [0.15, 0.2) is 85.1 Å². The third-order valence-corrected chi connectivity index (χ3v) is 5.08. The van der Waals surface area contributed by atoms with Crippen LogP contribution >= 0.6 is 0 Å². The van der Waals surface area contributed by atoms with Gasteiger partial charge in [-0.2, -0.15) is 5.10 Å². The average molecular weight is 413 g/mol. The number of ether oxygens (including phenoxy) is 2. The number of carbonyl (C=O) groups excluding carboxylic acids is 1. The van der Waals surface area contributed by atoms with E-state index in [0.29, 0.717) is 22.8 Å². The Bertz CT molecular complexity index is 1190. The van der Waals surface area contributed by atoms with E-state index in [1.165, 1.54) is 0 Å². The predicted molar refractivity (Wildman–Crippen MR) is 121 cm³/mol. The highest BCUT2D eigenvalue weighted by atomic mass is 16.5. The minimum atomic E-state index is -0.203. The van der Waals surface area contributed by atoms with Crippen LogP contribution < -0.4 is 14.4 Å². The molecular weight excluding hydrogens is 390 g/mol. The van der Waals surface area contributed by atoms with Crippen molar-refractivity contribution in [1.29, 1.82) is 0 Å². The molecule has 0 fully saturated rings. The highest BCUT2D eigenvalue weighted by Crippen LogP contribution is 2.34. The Balaban J connectivity index is 1.84. The Morgan fingerprint density at radius 3 is 2.16 bits per heavy atom. The van der Waals surface area contributed by atoms with E-state index >= 15 is 0 Å². The summed E-state index contributed by atoms with van der Waals surface area (Å²) in [6.45, 7) is 0. The van der Waals surface area contributed by atoms with Gasteiger partial charge in [0.2, 0.25) is 0 Å². The fourth-order valence-electron chi connectivity index (χ4n) is 3.39. The molecule has 0 bridgehead atoms. The van der Waals surface area contributed by atoms with E-state index in [-0.39, 0.29) is 5.91 Å². The van der Waals surface area contributed by atoms with Crippen molar-refractivity contribution >= 4 is 11.6 Å². The van der Waals surface area contributed by atoms with Gasteiger partial charge in [0.1, 0.15) is 0 Å². The second-order valence-electron chi connectivity index (χ2n) is 6.94. The van der Waals surface area contributed by atoms with Crippen molar-refractivity contribution in [2.45, 2.75) is 0 Å². The van der Waals surface area contributed by atoms with E-state index < -0.39 is 0 Å². The number of benzene rings is 3. The molecule has 0 aliphatic rings. The van der Waals surface area contributed by atoms with Crippen LogP contribution in [-0.4, -0.2) is 37.0 Å². The lowest BCUT2D eigenvalue weighted by molar-refractivity contribution is 0.0988. The molecule has 0 radical (unpaired) electrons.